The summed E-state index contributed by atoms with van der Waals surface area (Å²) in [6.07, 6.45) is 3.23. The van der Waals surface area contributed by atoms with E-state index < -0.39 is 0 Å². The molecule has 1 N–H and O–H groups in total. The maximum absolute atomic E-state index is 4.27. The van der Waals surface area contributed by atoms with Crippen LogP contribution >= 0.6 is 11.8 Å². The van der Waals surface area contributed by atoms with Crippen molar-refractivity contribution in [2.45, 2.75) is 12.5 Å². The summed E-state index contributed by atoms with van der Waals surface area (Å²) in [6, 6.07) is 2.65. The number of nitrogens with one attached hydrogen (secondary N) is 1. The van der Waals surface area contributed by atoms with Crippen molar-refractivity contribution in [1.82, 2.24) is 9.78 Å². The molecule has 1 unspecified atom stereocenters. The predicted octanol–water partition coefficient (Wildman–Crippen LogP) is 1.34. The number of rotatable bonds is 2. The molecule has 66 valence electrons. The Kier molecular flexibility index (Phi) is 2.26. The van der Waals surface area contributed by atoms with Crippen molar-refractivity contribution in [2.75, 3.05) is 16.8 Å². The summed E-state index contributed by atoms with van der Waals surface area (Å²) in [5.74, 6) is 3.51. The van der Waals surface area contributed by atoms with Crippen molar-refractivity contribution in [2.24, 2.45) is 7.05 Å². The molecule has 1 aliphatic rings. The topological polar surface area (TPSA) is 29.9 Å². The summed E-state index contributed by atoms with van der Waals surface area (Å²) >= 11 is 2.01. The Morgan fingerprint density at radius 2 is 2.67 bits per heavy atom. The number of thioether (sulfide) groups is 1. The van der Waals surface area contributed by atoms with Crippen LogP contribution in [0.3, 0.4) is 0 Å². The van der Waals surface area contributed by atoms with E-state index in [4.69, 9.17) is 0 Å². The lowest BCUT2D eigenvalue weighted by Crippen LogP contribution is -2.18. The summed E-state index contributed by atoms with van der Waals surface area (Å²) in [7, 11) is 1.94. The molecule has 0 aromatic carbocycles. The van der Waals surface area contributed by atoms with Gasteiger partial charge in [-0.25, -0.2) is 0 Å². The van der Waals surface area contributed by atoms with Crippen LogP contribution in [0.1, 0.15) is 6.42 Å². The van der Waals surface area contributed by atoms with E-state index in [0.29, 0.717) is 6.04 Å². The normalized spacial score (nSPS) is 22.9. The van der Waals surface area contributed by atoms with Crippen molar-refractivity contribution in [3.8, 4) is 0 Å². The maximum Gasteiger partial charge on any atom is 0.148 e. The largest absolute Gasteiger partial charge is 0.365 e. The lowest BCUT2D eigenvalue weighted by atomic mass is 10.3. The van der Waals surface area contributed by atoms with Gasteiger partial charge in [-0.1, -0.05) is 0 Å². The van der Waals surface area contributed by atoms with Gasteiger partial charge >= 0.3 is 0 Å². The first-order valence-corrected chi connectivity index (χ1v) is 5.34. The van der Waals surface area contributed by atoms with E-state index in [9.17, 15) is 0 Å². The predicted molar refractivity (Wildman–Crippen MR) is 52.6 cm³/mol. The summed E-state index contributed by atoms with van der Waals surface area (Å²) in [5.41, 5.74) is 0. The number of hydrogen-bond acceptors (Lipinski definition) is 3. The van der Waals surface area contributed by atoms with Crippen LogP contribution in [0.5, 0.6) is 0 Å². The second kappa shape index (κ2) is 3.39. The second-order valence-electron chi connectivity index (χ2n) is 3.08. The quantitative estimate of drug-likeness (QED) is 0.750. The van der Waals surface area contributed by atoms with Crippen LogP contribution in [0.25, 0.3) is 0 Å². The minimum Gasteiger partial charge on any atom is -0.365 e. The standard InChI is InChI=1S/C8H13N3S/c1-11-4-2-8(10-11)9-7-3-5-12-6-7/h2,4,7H,3,5-6H2,1H3,(H,9,10). The summed E-state index contributed by atoms with van der Waals surface area (Å²) in [4.78, 5) is 0. The molecule has 0 saturated carbocycles. The molecule has 0 spiro atoms. The van der Waals surface area contributed by atoms with Gasteiger partial charge in [0.05, 0.1) is 0 Å². The van der Waals surface area contributed by atoms with Gasteiger partial charge in [0.2, 0.25) is 0 Å². The van der Waals surface area contributed by atoms with Gasteiger partial charge in [0.25, 0.3) is 0 Å². The minimum absolute atomic E-state index is 0.630. The van der Waals surface area contributed by atoms with Gasteiger partial charge in [-0.2, -0.15) is 16.9 Å². The Morgan fingerprint density at radius 3 is 3.25 bits per heavy atom. The summed E-state index contributed by atoms with van der Waals surface area (Å²) in [5, 5.41) is 7.68. The fourth-order valence-electron chi connectivity index (χ4n) is 1.35. The van der Waals surface area contributed by atoms with Gasteiger partial charge in [-0.3, -0.25) is 4.68 Å². The highest BCUT2D eigenvalue weighted by Crippen LogP contribution is 2.20. The van der Waals surface area contributed by atoms with Crippen molar-refractivity contribution < 1.29 is 0 Å². The van der Waals surface area contributed by atoms with Crippen LogP contribution in [-0.2, 0) is 7.05 Å². The Balaban J connectivity index is 1.94. The van der Waals surface area contributed by atoms with Gasteiger partial charge in [0.15, 0.2) is 0 Å². The van der Waals surface area contributed by atoms with Crippen LogP contribution in [0.4, 0.5) is 5.82 Å². The highest BCUT2D eigenvalue weighted by atomic mass is 32.2. The van der Waals surface area contributed by atoms with E-state index in [2.05, 4.69) is 10.4 Å². The molecule has 2 rings (SSSR count). The van der Waals surface area contributed by atoms with E-state index in [0.717, 1.165) is 5.82 Å². The van der Waals surface area contributed by atoms with Crippen molar-refractivity contribution in [3.63, 3.8) is 0 Å². The average molecular weight is 183 g/mol. The van der Waals surface area contributed by atoms with Crippen LogP contribution in [0.15, 0.2) is 12.3 Å². The molecule has 1 fully saturated rings. The van der Waals surface area contributed by atoms with Crippen molar-refractivity contribution >= 4 is 17.6 Å². The first-order valence-electron chi connectivity index (χ1n) is 4.18. The molecule has 1 saturated heterocycles. The maximum atomic E-state index is 4.27. The summed E-state index contributed by atoms with van der Waals surface area (Å²) < 4.78 is 1.82. The first-order chi connectivity index (χ1) is 5.84. The second-order valence-corrected chi connectivity index (χ2v) is 4.23. The van der Waals surface area contributed by atoms with E-state index >= 15 is 0 Å². The first kappa shape index (κ1) is 7.98. The molecular formula is C8H13N3S. The minimum atomic E-state index is 0.630. The summed E-state index contributed by atoms with van der Waals surface area (Å²) in [6.45, 7) is 0. The van der Waals surface area contributed by atoms with Gasteiger partial charge in [-0.15, -0.1) is 0 Å². The van der Waals surface area contributed by atoms with E-state index in [1.54, 1.807) is 0 Å². The number of anilines is 1. The van der Waals surface area contributed by atoms with Gasteiger partial charge < -0.3 is 5.32 Å². The van der Waals surface area contributed by atoms with Crippen molar-refractivity contribution in [1.29, 1.82) is 0 Å². The highest BCUT2D eigenvalue weighted by molar-refractivity contribution is 7.99. The average Bonchev–Trinajstić information content (AvgIpc) is 2.63. The third-order valence-electron chi connectivity index (χ3n) is 2.00. The smallest absolute Gasteiger partial charge is 0.148 e. The molecule has 1 aliphatic heterocycles. The van der Waals surface area contributed by atoms with Crippen LogP contribution in [0, 0.1) is 0 Å². The molecule has 1 aromatic heterocycles. The number of aryl methyl sites for hydroxylation is 1. The Morgan fingerprint density at radius 1 is 1.75 bits per heavy atom. The molecule has 0 radical (unpaired) electrons. The zero-order valence-electron chi connectivity index (χ0n) is 7.16. The Hall–Kier alpha value is -0.640. The van der Waals surface area contributed by atoms with E-state index in [-0.39, 0.29) is 0 Å². The SMILES string of the molecule is Cn1ccc(NC2CCSC2)n1. The molecule has 0 amide bonds. The van der Waals surface area contributed by atoms with E-state index in [1.807, 2.05) is 35.8 Å². The molecule has 12 heavy (non-hydrogen) atoms. The molecule has 0 bridgehead atoms. The molecule has 3 nitrogen and oxygen atoms in total. The monoisotopic (exact) mass is 183 g/mol. The van der Waals surface area contributed by atoms with Crippen LogP contribution in [0.2, 0.25) is 0 Å². The van der Waals surface area contributed by atoms with Crippen molar-refractivity contribution in [3.05, 3.63) is 12.3 Å². The van der Waals surface area contributed by atoms with Crippen LogP contribution in [-0.4, -0.2) is 27.3 Å². The fraction of sp³-hybridized carbons (Fsp3) is 0.625. The van der Waals surface area contributed by atoms with E-state index in [1.165, 1.54) is 17.9 Å². The van der Waals surface area contributed by atoms with Crippen LogP contribution < -0.4 is 5.32 Å². The van der Waals surface area contributed by atoms with Gasteiger partial charge in [0, 0.05) is 31.1 Å². The molecule has 1 atom stereocenters. The molecule has 0 aliphatic carbocycles. The zero-order chi connectivity index (χ0) is 8.39. The molecule has 1 aromatic rings. The third kappa shape index (κ3) is 1.75. The number of hydrogen-bond donors (Lipinski definition) is 1. The number of aromatic nitrogens is 2. The Labute approximate surface area is 76.5 Å². The highest BCUT2D eigenvalue weighted by Gasteiger charge is 2.15. The Bertz CT molecular complexity index is 253. The lowest BCUT2D eigenvalue weighted by molar-refractivity contribution is 0.752. The third-order valence-corrected chi connectivity index (χ3v) is 3.16. The van der Waals surface area contributed by atoms with Gasteiger partial charge in [0.1, 0.15) is 5.82 Å². The molecular weight excluding hydrogens is 170 g/mol. The molecule has 2 heterocycles. The molecule has 4 heteroatoms. The number of nitrogens with zero attached hydrogens (tertiary/aromatic N) is 2. The lowest BCUT2D eigenvalue weighted by Gasteiger charge is -2.08. The zero-order valence-corrected chi connectivity index (χ0v) is 7.97. The fourth-order valence-corrected chi connectivity index (χ4v) is 2.50. The van der Waals surface area contributed by atoms with Gasteiger partial charge in [-0.05, 0) is 12.2 Å².